The molecule has 1 aliphatic heterocycles. The minimum Gasteiger partial charge on any atom is -0.477 e. The quantitative estimate of drug-likeness (QED) is 0.624. The number of halogens is 1. The molecule has 1 aliphatic rings. The zero-order valence-corrected chi connectivity index (χ0v) is 16.2. The molecule has 1 saturated heterocycles. The molecule has 154 valence electrons. The lowest BCUT2D eigenvalue weighted by molar-refractivity contribution is -0.915. The number of nitrogens with one attached hydrogen (secondary N) is 2. The lowest BCUT2D eigenvalue weighted by atomic mass is 10.2. The van der Waals surface area contributed by atoms with Crippen LogP contribution in [-0.4, -0.2) is 45.2 Å². The Morgan fingerprint density at radius 2 is 2.03 bits per heavy atom. The summed E-state index contributed by atoms with van der Waals surface area (Å²) in [5, 5.41) is 2.57. The number of rotatable bonds is 8. The van der Waals surface area contributed by atoms with Gasteiger partial charge in [0.05, 0.1) is 26.2 Å². The lowest BCUT2D eigenvalue weighted by Crippen LogP contribution is -3.13. The summed E-state index contributed by atoms with van der Waals surface area (Å²) in [7, 11) is 0. The maximum absolute atomic E-state index is 13.1. The van der Waals surface area contributed by atoms with E-state index in [-0.39, 0.29) is 29.5 Å². The van der Waals surface area contributed by atoms with Gasteiger partial charge in [0.15, 0.2) is 12.4 Å². The van der Waals surface area contributed by atoms with Crippen molar-refractivity contribution in [2.24, 2.45) is 0 Å². The smallest absolute Gasteiger partial charge is 0.258 e. The maximum Gasteiger partial charge on any atom is 0.258 e. The molecular weight excluding hydrogens is 377 g/mol. The number of piperazine rings is 1. The average Bonchev–Trinajstić information content (AvgIpc) is 2.73. The van der Waals surface area contributed by atoms with Crippen molar-refractivity contribution in [3.8, 4) is 5.75 Å². The molecule has 1 aromatic heterocycles. The van der Waals surface area contributed by atoms with E-state index in [4.69, 9.17) is 9.15 Å². The van der Waals surface area contributed by atoms with E-state index in [1.807, 2.05) is 0 Å². The van der Waals surface area contributed by atoms with Crippen LogP contribution in [0.1, 0.15) is 5.76 Å². The zero-order chi connectivity index (χ0) is 20.6. The Balaban J connectivity index is 1.49. The Morgan fingerprint density at radius 1 is 1.31 bits per heavy atom. The van der Waals surface area contributed by atoms with Crippen LogP contribution in [-0.2, 0) is 11.3 Å². The number of hydrogen-bond donors (Lipinski definition) is 2. The van der Waals surface area contributed by atoms with E-state index in [0.29, 0.717) is 18.8 Å². The molecule has 0 spiro atoms. The second-order valence-corrected chi connectivity index (χ2v) is 6.85. The van der Waals surface area contributed by atoms with Gasteiger partial charge in [-0.3, -0.25) is 9.59 Å². The van der Waals surface area contributed by atoms with Crippen molar-refractivity contribution >= 4 is 11.6 Å². The van der Waals surface area contributed by atoms with Gasteiger partial charge in [-0.2, -0.15) is 0 Å². The average molecular weight is 402 g/mol. The number of anilines is 1. The van der Waals surface area contributed by atoms with Crippen molar-refractivity contribution in [2.75, 3.05) is 44.2 Å². The molecule has 2 aromatic rings. The molecule has 29 heavy (non-hydrogen) atoms. The van der Waals surface area contributed by atoms with Crippen molar-refractivity contribution in [3.05, 3.63) is 71.1 Å². The normalized spacial score (nSPS) is 14.4. The molecule has 1 aromatic carbocycles. The molecule has 7 nitrogen and oxygen atoms in total. The van der Waals surface area contributed by atoms with Gasteiger partial charge in [0.25, 0.3) is 5.91 Å². The van der Waals surface area contributed by atoms with E-state index in [1.165, 1.54) is 29.4 Å². The van der Waals surface area contributed by atoms with E-state index in [2.05, 4.69) is 16.8 Å². The topological polar surface area (TPSA) is 76.2 Å². The Morgan fingerprint density at radius 3 is 2.69 bits per heavy atom. The summed E-state index contributed by atoms with van der Waals surface area (Å²) < 4.78 is 23.8. The predicted octanol–water partition coefficient (Wildman–Crippen LogP) is 0.365. The first-order chi connectivity index (χ1) is 14.0. The Bertz CT molecular complexity index is 890. The molecule has 0 saturated carbocycles. The molecule has 8 heteroatoms. The third-order valence-electron chi connectivity index (χ3n) is 4.74. The van der Waals surface area contributed by atoms with Crippen LogP contribution in [0.2, 0.25) is 0 Å². The molecule has 2 N–H and O–H groups in total. The van der Waals surface area contributed by atoms with E-state index in [0.717, 1.165) is 31.9 Å². The molecular formula is C21H25FN3O4+. The second-order valence-electron chi connectivity index (χ2n) is 6.85. The number of hydrogen-bond acceptors (Lipinski definition) is 5. The molecule has 3 rings (SSSR count). The number of carbonyl (C=O) groups excluding carboxylic acids is 1. The lowest BCUT2D eigenvalue weighted by Gasteiger charge is -2.33. The number of nitrogens with zero attached hydrogens (tertiary/aromatic N) is 1. The van der Waals surface area contributed by atoms with Gasteiger partial charge < -0.3 is 24.3 Å². The van der Waals surface area contributed by atoms with Crippen molar-refractivity contribution in [2.45, 2.75) is 6.54 Å². The fraction of sp³-hybridized carbons (Fsp3) is 0.333. The van der Waals surface area contributed by atoms with Gasteiger partial charge in [-0.15, -0.1) is 6.58 Å². The molecule has 0 aliphatic carbocycles. The van der Waals surface area contributed by atoms with Crippen LogP contribution < -0.4 is 25.3 Å². The van der Waals surface area contributed by atoms with Crippen molar-refractivity contribution in [3.63, 3.8) is 0 Å². The predicted molar refractivity (Wildman–Crippen MR) is 107 cm³/mol. The number of amides is 1. The highest BCUT2D eigenvalue weighted by Crippen LogP contribution is 2.14. The van der Waals surface area contributed by atoms with Gasteiger partial charge in [-0.25, -0.2) is 4.39 Å². The highest BCUT2D eigenvalue weighted by atomic mass is 19.1. The van der Waals surface area contributed by atoms with Crippen LogP contribution >= 0.6 is 0 Å². The molecule has 2 heterocycles. The SMILES string of the molecule is C=CCNC(=O)COc1coc(C[NH+]2CCN(c3ccc(F)cc3)CC2)cc1=O. The number of carbonyl (C=O) groups is 1. The van der Waals surface area contributed by atoms with Gasteiger partial charge in [0, 0.05) is 18.3 Å². The van der Waals surface area contributed by atoms with Crippen molar-refractivity contribution in [1.82, 2.24) is 5.32 Å². The van der Waals surface area contributed by atoms with Gasteiger partial charge in [0.1, 0.15) is 18.6 Å². The van der Waals surface area contributed by atoms with E-state index in [9.17, 15) is 14.0 Å². The third kappa shape index (κ3) is 5.92. The molecule has 1 amide bonds. The van der Waals surface area contributed by atoms with Crippen LogP contribution in [0, 0.1) is 5.82 Å². The first kappa shape index (κ1) is 20.6. The zero-order valence-electron chi connectivity index (χ0n) is 16.2. The van der Waals surface area contributed by atoms with E-state index < -0.39 is 0 Å². The van der Waals surface area contributed by atoms with E-state index >= 15 is 0 Å². The van der Waals surface area contributed by atoms with Gasteiger partial charge in [-0.05, 0) is 24.3 Å². The highest BCUT2D eigenvalue weighted by molar-refractivity contribution is 5.77. The van der Waals surface area contributed by atoms with Crippen LogP contribution in [0.3, 0.4) is 0 Å². The summed E-state index contributed by atoms with van der Waals surface area (Å²) in [5.74, 6) is 0.0111. The van der Waals surface area contributed by atoms with Crippen LogP contribution in [0.4, 0.5) is 10.1 Å². The fourth-order valence-corrected chi connectivity index (χ4v) is 3.17. The Labute approximate surface area is 168 Å². The first-order valence-electron chi connectivity index (χ1n) is 9.51. The first-order valence-corrected chi connectivity index (χ1v) is 9.51. The molecule has 0 unspecified atom stereocenters. The Hall–Kier alpha value is -3.13. The number of benzene rings is 1. The van der Waals surface area contributed by atoms with Crippen LogP contribution in [0.25, 0.3) is 0 Å². The summed E-state index contributed by atoms with van der Waals surface area (Å²) in [6.45, 7) is 7.62. The van der Waals surface area contributed by atoms with E-state index in [1.54, 1.807) is 18.2 Å². The van der Waals surface area contributed by atoms with Crippen molar-refractivity contribution < 1.29 is 23.2 Å². The summed E-state index contributed by atoms with van der Waals surface area (Å²) in [4.78, 5) is 27.2. The summed E-state index contributed by atoms with van der Waals surface area (Å²) >= 11 is 0. The summed E-state index contributed by atoms with van der Waals surface area (Å²) in [6.07, 6.45) is 2.82. The summed E-state index contributed by atoms with van der Waals surface area (Å²) in [6, 6.07) is 7.92. The second kappa shape index (κ2) is 9.88. The number of ether oxygens (including phenoxy) is 1. The standard InChI is InChI=1S/C21H24FN3O4/c1-2-7-23-21(27)15-29-20-14-28-18(12-19(20)26)13-24-8-10-25(11-9-24)17-5-3-16(22)4-6-17/h2-6,12,14H,1,7-11,13,15H2,(H,23,27)/p+1. The van der Waals surface area contributed by atoms with Gasteiger partial charge in [0.2, 0.25) is 11.2 Å². The maximum atomic E-state index is 13.1. The minimum atomic E-state index is -0.336. The van der Waals surface area contributed by atoms with Gasteiger partial charge >= 0.3 is 0 Å². The minimum absolute atomic E-state index is 0.0126. The molecule has 0 radical (unpaired) electrons. The molecule has 0 atom stereocenters. The largest absolute Gasteiger partial charge is 0.477 e. The summed E-state index contributed by atoms with van der Waals surface area (Å²) in [5.41, 5.74) is 0.697. The fourth-order valence-electron chi connectivity index (χ4n) is 3.17. The Kier molecular flexibility index (Phi) is 7.02. The monoisotopic (exact) mass is 402 g/mol. The molecule has 0 bridgehead atoms. The highest BCUT2D eigenvalue weighted by Gasteiger charge is 2.21. The van der Waals surface area contributed by atoms with Crippen molar-refractivity contribution in [1.29, 1.82) is 0 Å². The molecule has 1 fully saturated rings. The third-order valence-corrected chi connectivity index (χ3v) is 4.74. The van der Waals surface area contributed by atoms with Gasteiger partial charge in [-0.1, -0.05) is 6.08 Å². The van der Waals surface area contributed by atoms with Crippen LogP contribution in [0.5, 0.6) is 5.75 Å². The van der Waals surface area contributed by atoms with Crippen LogP contribution in [0.15, 0.2) is 58.5 Å². The number of quaternary nitrogens is 1.